The van der Waals surface area contributed by atoms with Gasteiger partial charge in [0.15, 0.2) is 5.78 Å². The Kier molecular flexibility index (Phi) is 15.3. The molecule has 0 saturated carbocycles. The van der Waals surface area contributed by atoms with E-state index >= 15 is 0 Å². The Labute approximate surface area is 283 Å². The average Bonchev–Trinajstić information content (AvgIpc) is 3.36. The van der Waals surface area contributed by atoms with Gasteiger partial charge in [-0.1, -0.05) is 83.5 Å². The number of hydrogen-bond donors (Lipinski definition) is 1. The number of anilines is 1. The number of thiophene rings is 1. The van der Waals surface area contributed by atoms with E-state index in [0.717, 1.165) is 49.8 Å². The van der Waals surface area contributed by atoms with Crippen LogP contribution >= 0.6 is 11.3 Å². The first-order valence-corrected chi connectivity index (χ1v) is 16.9. The summed E-state index contributed by atoms with van der Waals surface area (Å²) in [6.45, 7) is 14.8. The van der Waals surface area contributed by atoms with Crippen LogP contribution in [0.5, 0.6) is 0 Å². The zero-order chi connectivity index (χ0) is 31.7. The average molecular weight is 792 g/mol. The van der Waals surface area contributed by atoms with E-state index in [2.05, 4.69) is 82.2 Å². The number of hydrogen-bond acceptors (Lipinski definition) is 5. The van der Waals surface area contributed by atoms with Gasteiger partial charge in [-0.25, -0.2) is 0 Å². The van der Waals surface area contributed by atoms with Crippen molar-refractivity contribution in [3.8, 4) is 11.3 Å². The second-order valence-electron chi connectivity index (χ2n) is 11.7. The largest absolute Gasteiger partial charge is 0.512 e. The summed E-state index contributed by atoms with van der Waals surface area (Å²) in [6.07, 6.45) is 9.13. The first kappa shape index (κ1) is 37.7. The van der Waals surface area contributed by atoms with Gasteiger partial charge in [-0.15, -0.1) is 40.5 Å². The van der Waals surface area contributed by atoms with Crippen LogP contribution in [0, 0.1) is 24.8 Å². The first-order chi connectivity index (χ1) is 20.6. The molecule has 0 bridgehead atoms. The quantitative estimate of drug-likeness (QED) is 0.0882. The fraction of sp³-hybridized carbons (Fsp3) is 0.474. The van der Waals surface area contributed by atoms with Gasteiger partial charge >= 0.3 is 0 Å². The number of pyridine rings is 1. The third kappa shape index (κ3) is 8.59. The molecule has 2 heterocycles. The first-order valence-electron chi connectivity index (χ1n) is 16.1. The van der Waals surface area contributed by atoms with Crippen LogP contribution in [0.4, 0.5) is 5.00 Å². The minimum Gasteiger partial charge on any atom is -0.512 e. The molecule has 241 valence electrons. The number of carbonyl (C=O) groups is 1. The molecule has 1 N–H and O–H groups in total. The molecule has 2 aromatic carbocycles. The number of aliphatic hydroxyl groups is 1. The number of aromatic nitrogens is 1. The van der Waals surface area contributed by atoms with Gasteiger partial charge in [0.05, 0.1) is 10.8 Å². The van der Waals surface area contributed by atoms with Crippen LogP contribution in [-0.2, 0) is 24.9 Å². The predicted molar refractivity (Wildman–Crippen MR) is 188 cm³/mol. The summed E-state index contributed by atoms with van der Waals surface area (Å²) in [4.78, 5) is 18.7. The van der Waals surface area contributed by atoms with Gasteiger partial charge in [-0.3, -0.25) is 9.78 Å². The van der Waals surface area contributed by atoms with E-state index in [9.17, 15) is 9.90 Å². The predicted octanol–water partition coefficient (Wildman–Crippen LogP) is 11.1. The van der Waals surface area contributed by atoms with Crippen molar-refractivity contribution in [1.29, 1.82) is 0 Å². The van der Waals surface area contributed by atoms with E-state index in [4.69, 9.17) is 4.98 Å². The van der Waals surface area contributed by atoms with Gasteiger partial charge in [-0.2, -0.15) is 0 Å². The van der Waals surface area contributed by atoms with E-state index in [0.29, 0.717) is 5.92 Å². The molecule has 0 aliphatic rings. The molecular formula is C38H51IrN2O2S-. The Morgan fingerprint density at radius 2 is 1.55 bits per heavy atom. The van der Waals surface area contributed by atoms with Gasteiger partial charge in [0.25, 0.3) is 0 Å². The number of aliphatic hydroxyl groups excluding tert-OH is 1. The van der Waals surface area contributed by atoms with Crippen molar-refractivity contribution in [2.75, 3.05) is 19.0 Å². The van der Waals surface area contributed by atoms with Gasteiger partial charge in [0.1, 0.15) is 0 Å². The van der Waals surface area contributed by atoms with Crippen molar-refractivity contribution in [2.45, 2.75) is 92.9 Å². The third-order valence-corrected chi connectivity index (χ3v) is 10.3. The van der Waals surface area contributed by atoms with Crippen molar-refractivity contribution in [3.63, 3.8) is 0 Å². The second kappa shape index (κ2) is 17.8. The fourth-order valence-electron chi connectivity index (χ4n) is 5.99. The molecule has 2 aromatic heterocycles. The third-order valence-electron chi connectivity index (χ3n) is 8.80. The molecule has 4 nitrogen and oxygen atoms in total. The summed E-state index contributed by atoms with van der Waals surface area (Å²) >= 11 is 1.83. The monoisotopic (exact) mass is 792 g/mol. The van der Waals surface area contributed by atoms with Gasteiger partial charge in [0.2, 0.25) is 0 Å². The van der Waals surface area contributed by atoms with Crippen molar-refractivity contribution in [2.24, 2.45) is 11.8 Å². The molecule has 44 heavy (non-hydrogen) atoms. The number of fused-ring (bicyclic) bond motifs is 2. The van der Waals surface area contributed by atoms with Crippen LogP contribution < -0.4 is 4.90 Å². The van der Waals surface area contributed by atoms with Crippen molar-refractivity contribution in [1.82, 2.24) is 4.98 Å². The van der Waals surface area contributed by atoms with Crippen LogP contribution in [0.1, 0.15) is 97.1 Å². The number of rotatable bonds is 12. The van der Waals surface area contributed by atoms with Gasteiger partial charge in [0, 0.05) is 68.7 Å². The summed E-state index contributed by atoms with van der Waals surface area (Å²) < 4.78 is 1.26. The molecule has 1 radical (unpaired) electrons. The SMILES string of the molecule is CCC(CC)C(=O)/C=C(\O)C(CC)CC.CCC(CC)c1cc(-c2nccc3c(C)c(N(C)C)sc23)[c-]c2ccccc12.[Ir]. The topological polar surface area (TPSA) is 53.4 Å². The number of nitrogens with zero attached hydrogens (tertiary/aromatic N) is 2. The summed E-state index contributed by atoms with van der Waals surface area (Å²) in [6, 6.07) is 16.8. The molecule has 0 amide bonds. The Bertz CT molecular complexity index is 1530. The molecule has 0 fully saturated rings. The van der Waals surface area contributed by atoms with Crippen molar-refractivity contribution < 1.29 is 30.0 Å². The Hall–Kier alpha value is -2.53. The Morgan fingerprint density at radius 3 is 2.11 bits per heavy atom. The number of benzene rings is 2. The van der Waals surface area contributed by atoms with Gasteiger partial charge in [-0.05, 0) is 55.5 Å². The number of ketones is 1. The van der Waals surface area contributed by atoms with Crippen molar-refractivity contribution in [3.05, 3.63) is 71.6 Å². The zero-order valence-corrected chi connectivity index (χ0v) is 31.3. The Balaban J connectivity index is 0.000000363. The molecule has 0 spiro atoms. The summed E-state index contributed by atoms with van der Waals surface area (Å²) in [5.74, 6) is 1.10. The summed E-state index contributed by atoms with van der Waals surface area (Å²) in [5, 5.41) is 14.9. The molecular weight excluding hydrogens is 741 g/mol. The minimum atomic E-state index is 0. The number of aryl methyl sites for hydroxylation is 1. The molecule has 0 atom stereocenters. The maximum atomic E-state index is 11.7. The summed E-state index contributed by atoms with van der Waals surface area (Å²) in [5.41, 5.74) is 4.92. The smallest absolute Gasteiger partial charge is 0.162 e. The van der Waals surface area contributed by atoms with Crippen LogP contribution in [-0.4, -0.2) is 30.0 Å². The van der Waals surface area contributed by atoms with Crippen molar-refractivity contribution >= 4 is 43.0 Å². The van der Waals surface area contributed by atoms with E-state index in [1.807, 2.05) is 45.2 Å². The van der Waals surface area contributed by atoms with Crippen LogP contribution in [0.15, 0.2) is 54.4 Å². The molecule has 0 unspecified atom stereocenters. The van der Waals surface area contributed by atoms with E-state index in [1.165, 1.54) is 43.1 Å². The number of allylic oxidation sites excluding steroid dienone is 2. The molecule has 4 rings (SSSR count). The zero-order valence-electron chi connectivity index (χ0n) is 28.1. The summed E-state index contributed by atoms with van der Waals surface area (Å²) in [7, 11) is 4.22. The van der Waals surface area contributed by atoms with Crippen LogP contribution in [0.25, 0.3) is 32.1 Å². The molecule has 0 saturated heterocycles. The molecule has 0 aliphatic carbocycles. The molecule has 6 heteroatoms. The second-order valence-corrected chi connectivity index (χ2v) is 12.7. The van der Waals surface area contributed by atoms with Gasteiger partial charge < -0.3 is 10.0 Å². The maximum Gasteiger partial charge on any atom is 0.162 e. The Morgan fingerprint density at radius 1 is 0.932 bits per heavy atom. The maximum absolute atomic E-state index is 11.7. The van der Waals surface area contributed by atoms with Crippen LogP contribution in [0.3, 0.4) is 0 Å². The van der Waals surface area contributed by atoms with E-state index < -0.39 is 0 Å². The standard InChI is InChI=1S/C25H27N2S.C13H24O2.Ir/c1-6-17(7-2)22-15-19(14-18-10-8-9-11-21(18)22)23-24-20(12-13-26-23)16(3)25(28-24)27(4)5;1-5-10(6-2)12(14)9-13(15)11(7-3)8-4;/h8-13,15,17H,6-7H2,1-5H3;9-11,14H,5-8H2,1-4H3;/q-1;;/b;12-9-;. The van der Waals surface area contributed by atoms with E-state index in [1.54, 1.807) is 0 Å². The van der Waals surface area contributed by atoms with E-state index in [-0.39, 0.29) is 43.5 Å². The molecule has 0 aliphatic heterocycles. The van der Waals surface area contributed by atoms with Crippen LogP contribution in [0.2, 0.25) is 0 Å². The minimum absolute atomic E-state index is 0. The molecule has 4 aromatic rings. The fourth-order valence-corrected chi connectivity index (χ4v) is 7.21. The number of carbonyl (C=O) groups excluding carboxylic acids is 1. The normalized spacial score (nSPS) is 11.7.